The topological polar surface area (TPSA) is 123 Å². The van der Waals surface area contributed by atoms with Crippen LogP contribution in [0.25, 0.3) is 0 Å². The molecule has 2 N–H and O–H groups in total. The van der Waals surface area contributed by atoms with Gasteiger partial charge >= 0.3 is 24.3 Å². The maximum atomic E-state index is 10.6. The van der Waals surface area contributed by atoms with Crippen LogP contribution in [0.5, 0.6) is 11.5 Å². The Hall–Kier alpha value is -3.53. The first-order chi connectivity index (χ1) is 18.6. The number of rotatable bonds is 6. The summed E-state index contributed by atoms with van der Waals surface area (Å²) in [5, 5.41) is 14.2. The van der Waals surface area contributed by atoms with Gasteiger partial charge in [0.05, 0.1) is 18.6 Å². The normalized spacial score (nSPS) is 18.1. The smallest absolute Gasteiger partial charge is 0.475 e. The van der Waals surface area contributed by atoms with Crippen molar-refractivity contribution >= 4 is 11.9 Å². The predicted molar refractivity (Wildman–Crippen MR) is 124 cm³/mol. The van der Waals surface area contributed by atoms with Crippen molar-refractivity contribution in [1.29, 1.82) is 0 Å². The molecule has 40 heavy (non-hydrogen) atoms. The second-order valence-electron chi connectivity index (χ2n) is 9.33. The molecular formula is C24H27F6N3O7. The Bertz CT molecular complexity index is 1160. The van der Waals surface area contributed by atoms with Crippen molar-refractivity contribution in [2.24, 2.45) is 13.0 Å². The van der Waals surface area contributed by atoms with Gasteiger partial charge in [-0.15, -0.1) is 0 Å². The van der Waals surface area contributed by atoms with Crippen molar-refractivity contribution in [1.82, 2.24) is 14.5 Å². The van der Waals surface area contributed by atoms with Crippen molar-refractivity contribution in [2.75, 3.05) is 26.6 Å². The number of carbonyl (C=O) groups is 2. The number of fused-ring (bicyclic) bond motifs is 2. The number of ether oxygens (including phenoxy) is 3. The number of nitrogens with zero attached hydrogens (tertiary/aromatic N) is 3. The van der Waals surface area contributed by atoms with Crippen LogP contribution < -0.4 is 9.47 Å². The lowest BCUT2D eigenvalue weighted by Gasteiger charge is -2.33. The van der Waals surface area contributed by atoms with Gasteiger partial charge in [0.15, 0.2) is 11.5 Å². The third kappa shape index (κ3) is 9.01. The Morgan fingerprint density at radius 1 is 1.02 bits per heavy atom. The van der Waals surface area contributed by atoms with E-state index in [4.69, 9.17) is 34.0 Å². The number of aromatic nitrogens is 2. The summed E-state index contributed by atoms with van der Waals surface area (Å²) in [6.45, 7) is 4.76. The minimum atomic E-state index is -5.08. The summed E-state index contributed by atoms with van der Waals surface area (Å²) in [4.78, 5) is 24.9. The van der Waals surface area contributed by atoms with Crippen LogP contribution in [0, 0.1) is 5.92 Å². The van der Waals surface area contributed by atoms with Gasteiger partial charge < -0.3 is 29.0 Å². The van der Waals surface area contributed by atoms with Crippen molar-refractivity contribution in [2.45, 2.75) is 44.2 Å². The lowest BCUT2D eigenvalue weighted by Crippen LogP contribution is -2.36. The predicted octanol–water partition coefficient (Wildman–Crippen LogP) is 3.94. The van der Waals surface area contributed by atoms with Crippen LogP contribution in [0.3, 0.4) is 0 Å². The molecule has 1 aromatic heterocycles. The van der Waals surface area contributed by atoms with Crippen LogP contribution in [-0.4, -0.2) is 75.5 Å². The van der Waals surface area contributed by atoms with Crippen molar-refractivity contribution in [3.05, 3.63) is 41.5 Å². The number of alkyl halides is 6. The zero-order chi connectivity index (χ0) is 29.7. The minimum Gasteiger partial charge on any atom is -0.475 e. The van der Waals surface area contributed by atoms with Crippen LogP contribution in [-0.2, 0) is 34.5 Å². The zero-order valence-corrected chi connectivity index (χ0v) is 21.2. The highest BCUT2D eigenvalue weighted by Crippen LogP contribution is 2.35. The highest BCUT2D eigenvalue weighted by Gasteiger charge is 2.39. The van der Waals surface area contributed by atoms with Crippen LogP contribution in [0.4, 0.5) is 26.3 Å². The lowest BCUT2D eigenvalue weighted by molar-refractivity contribution is -0.193. The number of hydrogen-bond acceptors (Lipinski definition) is 7. The van der Waals surface area contributed by atoms with Gasteiger partial charge in [-0.05, 0) is 36.5 Å². The van der Waals surface area contributed by atoms with Crippen molar-refractivity contribution in [3.63, 3.8) is 0 Å². The number of aryl methyl sites for hydroxylation is 1. The molecule has 222 valence electrons. The molecular weight excluding hydrogens is 556 g/mol. The second-order valence-corrected chi connectivity index (χ2v) is 9.33. The maximum Gasteiger partial charge on any atom is 0.490 e. The molecule has 1 fully saturated rings. The Morgan fingerprint density at radius 3 is 2.20 bits per heavy atom. The van der Waals surface area contributed by atoms with Crippen molar-refractivity contribution in [3.8, 4) is 11.5 Å². The summed E-state index contributed by atoms with van der Waals surface area (Å²) in [5.41, 5.74) is 3.76. The van der Waals surface area contributed by atoms with E-state index in [0.717, 1.165) is 50.3 Å². The summed E-state index contributed by atoms with van der Waals surface area (Å²) in [7, 11) is 2.09. The van der Waals surface area contributed by atoms with Gasteiger partial charge in [0.25, 0.3) is 0 Å². The van der Waals surface area contributed by atoms with E-state index in [2.05, 4.69) is 33.6 Å². The molecule has 1 aromatic carbocycles. The molecule has 3 aliphatic rings. The number of halogens is 6. The van der Waals surface area contributed by atoms with Gasteiger partial charge in [-0.25, -0.2) is 14.6 Å². The molecule has 0 bridgehead atoms. The van der Waals surface area contributed by atoms with Crippen LogP contribution in [0.15, 0.2) is 24.5 Å². The van der Waals surface area contributed by atoms with Gasteiger partial charge in [-0.2, -0.15) is 26.3 Å². The highest BCUT2D eigenvalue weighted by molar-refractivity contribution is 5.73. The van der Waals surface area contributed by atoms with Gasteiger partial charge in [0.1, 0.15) is 0 Å². The highest BCUT2D eigenvalue weighted by atomic mass is 19.4. The first-order valence-corrected chi connectivity index (χ1v) is 11.9. The molecule has 1 saturated carbocycles. The number of benzene rings is 1. The Morgan fingerprint density at radius 2 is 1.62 bits per heavy atom. The fourth-order valence-corrected chi connectivity index (χ4v) is 4.02. The fourth-order valence-electron chi connectivity index (χ4n) is 4.02. The van der Waals surface area contributed by atoms with Gasteiger partial charge in [0, 0.05) is 44.9 Å². The molecule has 2 aliphatic heterocycles. The number of carboxylic acids is 2. The summed E-state index contributed by atoms with van der Waals surface area (Å²) >= 11 is 0. The molecule has 0 saturated heterocycles. The number of imidazole rings is 1. The second kappa shape index (κ2) is 12.8. The van der Waals surface area contributed by atoms with E-state index in [9.17, 15) is 26.3 Å². The van der Waals surface area contributed by atoms with Crippen LogP contribution in [0.1, 0.15) is 35.7 Å². The molecule has 1 unspecified atom stereocenters. The standard InChI is InChI=1S/C20H25N3O3.2C2HF3O2/c1-22-12-21-17-9-23(7-15-4-5-18-19(6-15)26-13-25-18)8-16(20(17)22)11-24-10-14-2-3-14;2*3-2(4,5)1(6)7/h4-6,12,14,16H,2-3,7-11,13H2,1H3;2*(H,6,7). The third-order valence-electron chi connectivity index (χ3n) is 6.00. The number of aliphatic carboxylic acids is 2. The van der Waals surface area contributed by atoms with Crippen LogP contribution in [0.2, 0.25) is 0 Å². The van der Waals surface area contributed by atoms with Gasteiger partial charge in [0.2, 0.25) is 6.79 Å². The van der Waals surface area contributed by atoms with Gasteiger partial charge in [-0.3, -0.25) is 4.90 Å². The van der Waals surface area contributed by atoms with E-state index in [1.807, 2.05) is 12.4 Å². The molecule has 0 amide bonds. The first-order valence-electron chi connectivity index (χ1n) is 11.9. The zero-order valence-electron chi connectivity index (χ0n) is 21.2. The first kappa shape index (κ1) is 31.0. The molecule has 1 atom stereocenters. The minimum absolute atomic E-state index is 0.320. The quantitative estimate of drug-likeness (QED) is 0.487. The Balaban J connectivity index is 0.000000263. The van der Waals surface area contributed by atoms with E-state index in [0.29, 0.717) is 12.7 Å². The maximum absolute atomic E-state index is 10.6. The Kier molecular flexibility index (Phi) is 9.89. The summed E-state index contributed by atoms with van der Waals surface area (Å²) in [5.74, 6) is -2.65. The molecule has 10 nitrogen and oxygen atoms in total. The summed E-state index contributed by atoms with van der Waals surface area (Å²) in [6.07, 6.45) is -5.57. The molecule has 0 spiro atoms. The van der Waals surface area contributed by atoms with E-state index in [-0.39, 0.29) is 0 Å². The van der Waals surface area contributed by atoms with Crippen molar-refractivity contribution < 1.29 is 60.4 Å². The average Bonchev–Trinajstić information content (AvgIpc) is 3.42. The number of hydrogen-bond donors (Lipinski definition) is 2. The lowest BCUT2D eigenvalue weighted by atomic mass is 9.98. The van der Waals surface area contributed by atoms with Gasteiger partial charge in [-0.1, -0.05) is 6.07 Å². The summed E-state index contributed by atoms with van der Waals surface area (Å²) in [6, 6.07) is 6.22. The van der Waals surface area contributed by atoms with E-state index in [1.54, 1.807) is 0 Å². The van der Waals surface area contributed by atoms with E-state index >= 15 is 0 Å². The average molecular weight is 583 g/mol. The third-order valence-corrected chi connectivity index (χ3v) is 6.00. The van der Waals surface area contributed by atoms with Crippen LogP contribution >= 0.6 is 0 Å². The molecule has 2 aromatic rings. The molecule has 1 aliphatic carbocycles. The largest absolute Gasteiger partial charge is 0.490 e. The fraction of sp³-hybridized carbons (Fsp3) is 0.542. The molecule has 0 radical (unpaired) electrons. The Labute approximate surface area is 224 Å². The monoisotopic (exact) mass is 583 g/mol. The molecule has 16 heteroatoms. The van der Waals surface area contributed by atoms with E-state index < -0.39 is 24.3 Å². The molecule has 3 heterocycles. The van der Waals surface area contributed by atoms with E-state index in [1.165, 1.54) is 29.8 Å². The SMILES string of the molecule is Cn1cnc2c1C(COCC1CC1)CN(Cc1ccc3c(c1)OCO3)C2.O=C(O)C(F)(F)F.O=C(O)C(F)(F)F. The number of carboxylic acid groups (broad SMARTS) is 2. The molecule has 5 rings (SSSR count). The summed E-state index contributed by atoms with van der Waals surface area (Å²) < 4.78 is 82.6.